The van der Waals surface area contributed by atoms with Crippen molar-refractivity contribution in [3.63, 3.8) is 0 Å². The Morgan fingerprint density at radius 1 is 0.450 bits per heavy atom. The Hall–Kier alpha value is -5.34. The molecule has 7 aromatic carbocycles. The maximum atomic E-state index is 2.71. The molecule has 2 fully saturated rings. The van der Waals surface area contributed by atoms with Gasteiger partial charge in [0.05, 0.1) is 11.1 Å². The van der Waals surface area contributed by atoms with Gasteiger partial charge in [-0.1, -0.05) is 138 Å². The van der Waals surface area contributed by atoms with Crippen LogP contribution in [0.4, 0.5) is 22.7 Å². The molecule has 2 nitrogen and oxygen atoms in total. The molecule has 302 valence electrons. The molecule has 2 heterocycles. The van der Waals surface area contributed by atoms with Crippen LogP contribution in [0, 0.1) is 11.8 Å². The minimum atomic E-state index is 0.000822. The Bertz CT molecular complexity index is 2540. The van der Waals surface area contributed by atoms with Crippen LogP contribution in [-0.2, 0) is 10.8 Å². The maximum Gasteiger partial charge on any atom is 0.0518 e. The lowest BCUT2D eigenvalue weighted by Gasteiger charge is -2.52. The predicted molar refractivity (Wildman–Crippen MR) is 256 cm³/mol. The highest BCUT2D eigenvalue weighted by Gasteiger charge is 2.60. The first-order chi connectivity index (χ1) is 29.1. The second-order valence-corrected chi connectivity index (χ2v) is 19.9. The zero-order chi connectivity index (χ0) is 41.0. The van der Waals surface area contributed by atoms with Crippen molar-refractivity contribution in [2.45, 2.75) is 115 Å². The molecule has 2 saturated carbocycles. The van der Waals surface area contributed by atoms with Crippen LogP contribution in [0.2, 0.25) is 0 Å². The van der Waals surface area contributed by atoms with Crippen molar-refractivity contribution in [1.82, 2.24) is 0 Å². The third kappa shape index (κ3) is 5.06. The fourth-order valence-electron chi connectivity index (χ4n) is 13.5. The molecule has 2 aliphatic heterocycles. The highest BCUT2D eigenvalue weighted by molar-refractivity contribution is 6.21. The highest BCUT2D eigenvalue weighted by atomic mass is 15.3. The summed E-state index contributed by atoms with van der Waals surface area (Å²) < 4.78 is 0. The first-order valence-corrected chi connectivity index (χ1v) is 23.1. The van der Waals surface area contributed by atoms with E-state index < -0.39 is 0 Å². The van der Waals surface area contributed by atoms with Gasteiger partial charge in [-0.3, -0.25) is 0 Å². The molecular formula is C58H60N2. The summed E-state index contributed by atoms with van der Waals surface area (Å²) in [4.78, 5) is 5.43. The number of para-hydroxylation sites is 2. The molecule has 4 aliphatic rings. The van der Waals surface area contributed by atoms with Gasteiger partial charge in [0.1, 0.15) is 0 Å². The first-order valence-electron chi connectivity index (χ1n) is 23.1. The zero-order valence-electron chi connectivity index (χ0n) is 36.6. The highest BCUT2D eigenvalue weighted by Crippen LogP contribution is 2.64. The Labute approximate surface area is 358 Å². The van der Waals surface area contributed by atoms with Crippen LogP contribution in [0.15, 0.2) is 146 Å². The van der Waals surface area contributed by atoms with Gasteiger partial charge in [0.2, 0.25) is 0 Å². The lowest BCUT2D eigenvalue weighted by Crippen LogP contribution is -2.56. The van der Waals surface area contributed by atoms with Gasteiger partial charge in [0.25, 0.3) is 0 Å². The number of hydrogen-bond donors (Lipinski definition) is 0. The van der Waals surface area contributed by atoms with Gasteiger partial charge in [-0.2, -0.15) is 0 Å². The van der Waals surface area contributed by atoms with Gasteiger partial charge < -0.3 is 9.80 Å². The maximum absolute atomic E-state index is 2.71. The van der Waals surface area contributed by atoms with Gasteiger partial charge >= 0.3 is 0 Å². The van der Waals surface area contributed by atoms with Gasteiger partial charge in [0.15, 0.2) is 0 Å². The number of anilines is 4. The molecule has 0 bridgehead atoms. The summed E-state index contributed by atoms with van der Waals surface area (Å²) in [7, 11) is 0. The predicted octanol–water partition coefficient (Wildman–Crippen LogP) is 16.1. The van der Waals surface area contributed by atoms with Crippen molar-refractivity contribution in [1.29, 1.82) is 0 Å². The summed E-state index contributed by atoms with van der Waals surface area (Å²) in [6.07, 6.45) is 9.89. The summed E-state index contributed by atoms with van der Waals surface area (Å²) in [6, 6.07) is 56.0. The molecule has 7 aromatic rings. The van der Waals surface area contributed by atoms with Crippen molar-refractivity contribution in [2.75, 3.05) is 9.80 Å². The van der Waals surface area contributed by atoms with Crippen molar-refractivity contribution < 1.29 is 0 Å². The van der Waals surface area contributed by atoms with Crippen LogP contribution in [0.3, 0.4) is 0 Å². The number of rotatable bonds is 6. The van der Waals surface area contributed by atoms with Crippen molar-refractivity contribution in [3.05, 3.63) is 157 Å². The molecule has 2 heteroatoms. The molecule has 2 aliphatic carbocycles. The third-order valence-corrected chi connectivity index (χ3v) is 17.2. The minimum Gasteiger partial charge on any atom is -0.334 e. The molecule has 60 heavy (non-hydrogen) atoms. The second kappa shape index (κ2) is 13.6. The average molecular weight is 785 g/mol. The zero-order valence-corrected chi connectivity index (χ0v) is 36.6. The quantitative estimate of drug-likeness (QED) is 0.155. The normalized spacial score (nSPS) is 28.1. The van der Waals surface area contributed by atoms with Crippen molar-refractivity contribution in [2.24, 2.45) is 11.8 Å². The van der Waals surface area contributed by atoms with Crippen LogP contribution in [0.5, 0.6) is 0 Å². The smallest absolute Gasteiger partial charge is 0.0518 e. The number of nitrogens with zero attached hydrogens (tertiary/aromatic N) is 2. The van der Waals surface area contributed by atoms with E-state index >= 15 is 0 Å². The van der Waals surface area contributed by atoms with E-state index in [4.69, 9.17) is 0 Å². The number of fused-ring (bicyclic) bond motifs is 8. The van der Waals surface area contributed by atoms with E-state index in [1.54, 1.807) is 0 Å². The molecule has 0 N–H and O–H groups in total. The van der Waals surface area contributed by atoms with Gasteiger partial charge in [-0.05, 0) is 168 Å². The largest absolute Gasteiger partial charge is 0.334 e. The van der Waals surface area contributed by atoms with Crippen LogP contribution >= 0.6 is 0 Å². The molecule has 0 aromatic heterocycles. The topological polar surface area (TPSA) is 6.48 Å². The molecule has 6 unspecified atom stereocenters. The Kier molecular flexibility index (Phi) is 8.52. The summed E-state index contributed by atoms with van der Waals surface area (Å²) in [5.74, 6) is 1.48. The first kappa shape index (κ1) is 37.6. The van der Waals surface area contributed by atoms with E-state index in [1.807, 2.05) is 0 Å². The molecule has 11 rings (SSSR count). The fourth-order valence-corrected chi connectivity index (χ4v) is 13.5. The summed E-state index contributed by atoms with van der Waals surface area (Å²) in [6.45, 7) is 15.1. The van der Waals surface area contributed by atoms with Crippen molar-refractivity contribution >= 4 is 44.3 Å². The van der Waals surface area contributed by atoms with Crippen LogP contribution in [0.1, 0.15) is 104 Å². The number of hydrogen-bond acceptors (Lipinski definition) is 2. The third-order valence-electron chi connectivity index (χ3n) is 17.2. The van der Waals surface area contributed by atoms with Gasteiger partial charge in [-0.25, -0.2) is 0 Å². The van der Waals surface area contributed by atoms with Crippen LogP contribution in [0.25, 0.3) is 43.8 Å². The molecule has 6 atom stereocenters. The fraction of sp³-hybridized carbons (Fsp3) is 0.345. The van der Waals surface area contributed by atoms with E-state index in [2.05, 4.69) is 197 Å². The molecule has 0 saturated heterocycles. The average Bonchev–Trinajstić information content (AvgIpc) is 3.62. The lowest BCUT2D eigenvalue weighted by atomic mass is 9.58. The SMILES string of the molecule is CCC1CCC2(C)N(c3ccccc3)c3ccc(-c4c5ccccc5c(-c5ccc6c(c5)C5(C)CC(CC)CCC5(C)N6c5ccccc5)c5ccccc45)cc3C2(C)C1. The van der Waals surface area contributed by atoms with E-state index in [9.17, 15) is 0 Å². The van der Waals surface area contributed by atoms with E-state index in [1.165, 1.54) is 129 Å². The standard InChI is InChI=1S/C58H60N2/c1-7-39-31-33-57(5)55(3,37-39)49-35-41(27-29-51(49)59(57)43-19-11-9-12-20-43)53-45-23-15-17-25-47(45)54(48-26-18-16-24-46(48)53)42-28-30-52-50(36-42)56(4)38-40(8-2)32-34-58(56,6)60(52)44-21-13-10-14-22-44/h9-30,35-36,39-40H,7-8,31-34,37-38H2,1-6H3. The van der Waals surface area contributed by atoms with Gasteiger partial charge in [0, 0.05) is 33.6 Å². The Balaban J connectivity index is 1.12. The Morgan fingerprint density at radius 3 is 1.15 bits per heavy atom. The summed E-state index contributed by atoms with van der Waals surface area (Å²) in [5, 5.41) is 5.33. The minimum absolute atomic E-state index is 0.000822. The second-order valence-electron chi connectivity index (χ2n) is 19.9. The molecule has 0 radical (unpaired) electrons. The van der Waals surface area contributed by atoms with E-state index in [0.29, 0.717) is 0 Å². The van der Waals surface area contributed by atoms with Gasteiger partial charge in [-0.15, -0.1) is 0 Å². The summed E-state index contributed by atoms with van der Waals surface area (Å²) in [5.41, 5.74) is 13.8. The molecule has 0 amide bonds. The van der Waals surface area contributed by atoms with Crippen molar-refractivity contribution in [3.8, 4) is 22.3 Å². The molecular weight excluding hydrogens is 725 g/mol. The monoisotopic (exact) mass is 784 g/mol. The Morgan fingerprint density at radius 2 is 0.800 bits per heavy atom. The van der Waals surface area contributed by atoms with Crippen LogP contribution in [-0.4, -0.2) is 11.1 Å². The number of benzene rings is 7. The van der Waals surface area contributed by atoms with E-state index in [-0.39, 0.29) is 21.9 Å². The van der Waals surface area contributed by atoms with E-state index in [0.717, 1.165) is 11.8 Å². The molecule has 0 spiro atoms. The summed E-state index contributed by atoms with van der Waals surface area (Å²) >= 11 is 0. The van der Waals surface area contributed by atoms with Crippen LogP contribution < -0.4 is 9.80 Å². The lowest BCUT2D eigenvalue weighted by molar-refractivity contribution is 0.143.